The molecule has 5 heteroatoms. The predicted molar refractivity (Wildman–Crippen MR) is 74.0 cm³/mol. The first-order valence-corrected chi connectivity index (χ1v) is 6.30. The lowest BCUT2D eigenvalue weighted by atomic mass is 10.3. The molecule has 0 amide bonds. The predicted octanol–water partition coefficient (Wildman–Crippen LogP) is 3.62. The number of benzene rings is 1. The van der Waals surface area contributed by atoms with Gasteiger partial charge in [-0.15, -0.1) is 0 Å². The summed E-state index contributed by atoms with van der Waals surface area (Å²) in [6.07, 6.45) is 3.18. The highest BCUT2D eigenvalue weighted by Crippen LogP contribution is 2.37. The molecule has 4 nitrogen and oxygen atoms in total. The molecular formula is C13H13BrN2O2. The van der Waals surface area contributed by atoms with Crippen LogP contribution < -0.4 is 15.2 Å². The van der Waals surface area contributed by atoms with Crippen molar-refractivity contribution in [1.29, 1.82) is 0 Å². The summed E-state index contributed by atoms with van der Waals surface area (Å²) in [6.45, 7) is 2.50. The molecular weight excluding hydrogens is 296 g/mol. The van der Waals surface area contributed by atoms with Crippen molar-refractivity contribution >= 4 is 21.6 Å². The van der Waals surface area contributed by atoms with E-state index in [2.05, 4.69) is 20.9 Å². The number of rotatable bonds is 4. The van der Waals surface area contributed by atoms with Crippen LogP contribution in [0.2, 0.25) is 0 Å². The van der Waals surface area contributed by atoms with Crippen molar-refractivity contribution in [2.24, 2.45) is 0 Å². The van der Waals surface area contributed by atoms with Gasteiger partial charge in [-0.25, -0.2) is 0 Å². The quantitative estimate of drug-likeness (QED) is 0.937. The van der Waals surface area contributed by atoms with Gasteiger partial charge in [-0.05, 0) is 35.0 Å². The van der Waals surface area contributed by atoms with Crippen LogP contribution >= 0.6 is 15.9 Å². The summed E-state index contributed by atoms with van der Waals surface area (Å²) in [7, 11) is 0. The van der Waals surface area contributed by atoms with E-state index < -0.39 is 0 Å². The Morgan fingerprint density at radius 1 is 1.22 bits per heavy atom. The zero-order valence-electron chi connectivity index (χ0n) is 9.89. The number of nitrogen functional groups attached to an aromatic ring is 1. The molecule has 0 aliphatic rings. The van der Waals surface area contributed by atoms with Crippen LogP contribution in [0.3, 0.4) is 0 Å². The van der Waals surface area contributed by atoms with Crippen molar-refractivity contribution in [1.82, 2.24) is 4.98 Å². The zero-order valence-corrected chi connectivity index (χ0v) is 11.5. The van der Waals surface area contributed by atoms with Crippen molar-refractivity contribution in [2.45, 2.75) is 6.92 Å². The molecule has 0 radical (unpaired) electrons. The summed E-state index contributed by atoms with van der Waals surface area (Å²) in [5, 5.41) is 0. The Balaban J connectivity index is 2.34. The summed E-state index contributed by atoms with van der Waals surface area (Å²) < 4.78 is 12.0. The summed E-state index contributed by atoms with van der Waals surface area (Å²) >= 11 is 3.36. The van der Waals surface area contributed by atoms with Crippen LogP contribution in [0.25, 0.3) is 0 Å². The first kappa shape index (κ1) is 12.7. The minimum Gasteiger partial charge on any atom is -0.490 e. The van der Waals surface area contributed by atoms with E-state index in [1.807, 2.05) is 31.2 Å². The van der Waals surface area contributed by atoms with Crippen LogP contribution in [0.4, 0.5) is 5.69 Å². The minimum absolute atomic E-state index is 0.468. The number of pyridine rings is 1. The monoisotopic (exact) mass is 308 g/mol. The van der Waals surface area contributed by atoms with E-state index >= 15 is 0 Å². The van der Waals surface area contributed by atoms with Crippen LogP contribution in [-0.4, -0.2) is 11.6 Å². The van der Waals surface area contributed by atoms with E-state index in [0.717, 1.165) is 0 Å². The molecule has 1 aromatic carbocycles. The largest absolute Gasteiger partial charge is 0.490 e. The van der Waals surface area contributed by atoms with E-state index in [1.54, 1.807) is 12.4 Å². The summed E-state index contributed by atoms with van der Waals surface area (Å²) in [4.78, 5) is 3.96. The highest BCUT2D eigenvalue weighted by molar-refractivity contribution is 9.10. The third-order valence-corrected chi connectivity index (χ3v) is 2.81. The molecule has 0 bridgehead atoms. The molecule has 1 heterocycles. The Labute approximate surface area is 114 Å². The van der Waals surface area contributed by atoms with Gasteiger partial charge >= 0.3 is 0 Å². The lowest BCUT2D eigenvalue weighted by Crippen LogP contribution is -1.97. The van der Waals surface area contributed by atoms with Crippen LogP contribution in [-0.2, 0) is 0 Å². The van der Waals surface area contributed by atoms with Gasteiger partial charge in [0.2, 0.25) is 0 Å². The van der Waals surface area contributed by atoms with Crippen molar-refractivity contribution in [3.8, 4) is 17.2 Å². The molecule has 0 aliphatic heterocycles. The van der Waals surface area contributed by atoms with Gasteiger partial charge in [0.15, 0.2) is 17.2 Å². The average Bonchev–Trinajstić information content (AvgIpc) is 2.36. The van der Waals surface area contributed by atoms with Gasteiger partial charge in [0.25, 0.3) is 0 Å². The van der Waals surface area contributed by atoms with Gasteiger partial charge in [0.05, 0.1) is 23.0 Å². The normalized spacial score (nSPS) is 10.1. The highest BCUT2D eigenvalue weighted by atomic mass is 79.9. The molecule has 0 unspecified atom stereocenters. The number of ether oxygens (including phenoxy) is 2. The fourth-order valence-electron chi connectivity index (χ4n) is 1.47. The lowest BCUT2D eigenvalue weighted by molar-refractivity contribution is 0.321. The number of nitrogens with zero attached hydrogens (tertiary/aromatic N) is 1. The van der Waals surface area contributed by atoms with Gasteiger partial charge in [-0.3, -0.25) is 4.98 Å². The molecule has 0 spiro atoms. The number of anilines is 1. The van der Waals surface area contributed by atoms with Gasteiger partial charge in [-0.2, -0.15) is 0 Å². The van der Waals surface area contributed by atoms with Crippen LogP contribution in [0.1, 0.15) is 6.92 Å². The Hall–Kier alpha value is -1.75. The minimum atomic E-state index is 0.468. The first-order chi connectivity index (χ1) is 8.72. The molecule has 2 N–H and O–H groups in total. The molecule has 0 aliphatic carbocycles. The molecule has 0 atom stereocenters. The molecule has 1 aromatic heterocycles. The Morgan fingerprint density at radius 2 is 1.94 bits per heavy atom. The van der Waals surface area contributed by atoms with Crippen molar-refractivity contribution in [3.05, 3.63) is 41.1 Å². The van der Waals surface area contributed by atoms with E-state index in [4.69, 9.17) is 15.2 Å². The lowest BCUT2D eigenvalue weighted by Gasteiger charge is -2.13. The van der Waals surface area contributed by atoms with Crippen LogP contribution in [0.5, 0.6) is 17.2 Å². The molecule has 18 heavy (non-hydrogen) atoms. The number of hydrogen-bond donors (Lipinski definition) is 1. The van der Waals surface area contributed by atoms with Gasteiger partial charge in [-0.1, -0.05) is 12.1 Å². The topological polar surface area (TPSA) is 57.4 Å². The van der Waals surface area contributed by atoms with Crippen molar-refractivity contribution in [2.75, 3.05) is 12.3 Å². The maximum atomic E-state index is 5.83. The standard InChI is InChI=1S/C13H13BrN2O2/c1-2-17-11-5-3-4-6-12(11)18-13-9(14)7-16-8-10(13)15/h3-8H,2,15H2,1H3. The van der Waals surface area contributed by atoms with Crippen molar-refractivity contribution < 1.29 is 9.47 Å². The number of hydrogen-bond acceptors (Lipinski definition) is 4. The fourth-order valence-corrected chi connectivity index (χ4v) is 1.89. The van der Waals surface area contributed by atoms with Gasteiger partial charge in [0, 0.05) is 6.20 Å². The zero-order chi connectivity index (χ0) is 13.0. The smallest absolute Gasteiger partial charge is 0.169 e. The van der Waals surface area contributed by atoms with Crippen molar-refractivity contribution in [3.63, 3.8) is 0 Å². The van der Waals surface area contributed by atoms with Crippen LogP contribution in [0, 0.1) is 0 Å². The number of halogens is 1. The summed E-state index contributed by atoms with van der Waals surface area (Å²) in [6, 6.07) is 7.45. The summed E-state index contributed by atoms with van der Waals surface area (Å²) in [5.74, 6) is 1.85. The van der Waals surface area contributed by atoms with E-state index in [0.29, 0.717) is 34.0 Å². The number of nitrogens with two attached hydrogens (primary N) is 1. The maximum absolute atomic E-state index is 5.83. The average molecular weight is 309 g/mol. The molecule has 0 saturated heterocycles. The Morgan fingerprint density at radius 3 is 2.61 bits per heavy atom. The Bertz CT molecular complexity index is 526. The third-order valence-electron chi connectivity index (χ3n) is 2.24. The second-order valence-electron chi connectivity index (χ2n) is 3.52. The molecule has 2 rings (SSSR count). The SMILES string of the molecule is CCOc1ccccc1Oc1c(N)cncc1Br. The molecule has 0 saturated carbocycles. The molecule has 94 valence electrons. The van der Waals surface area contributed by atoms with Crippen LogP contribution in [0.15, 0.2) is 41.1 Å². The number of para-hydroxylation sites is 2. The third kappa shape index (κ3) is 2.73. The molecule has 0 fully saturated rings. The summed E-state index contributed by atoms with van der Waals surface area (Å²) in [5.41, 5.74) is 6.30. The van der Waals surface area contributed by atoms with Gasteiger partial charge in [0.1, 0.15) is 0 Å². The van der Waals surface area contributed by atoms with E-state index in [-0.39, 0.29) is 0 Å². The second kappa shape index (κ2) is 5.73. The fraction of sp³-hybridized carbons (Fsp3) is 0.154. The van der Waals surface area contributed by atoms with E-state index in [1.165, 1.54) is 0 Å². The molecule has 2 aromatic rings. The number of aromatic nitrogens is 1. The van der Waals surface area contributed by atoms with E-state index in [9.17, 15) is 0 Å². The van der Waals surface area contributed by atoms with Gasteiger partial charge < -0.3 is 15.2 Å². The highest BCUT2D eigenvalue weighted by Gasteiger charge is 2.10. The second-order valence-corrected chi connectivity index (χ2v) is 4.38. The maximum Gasteiger partial charge on any atom is 0.169 e. The Kier molecular flexibility index (Phi) is 4.04. The first-order valence-electron chi connectivity index (χ1n) is 5.51.